The third-order valence-corrected chi connectivity index (χ3v) is 2.06. The molecule has 4 nitrogen and oxygen atoms in total. The maximum Gasteiger partial charge on any atom is 0.303 e. The zero-order valence-corrected chi connectivity index (χ0v) is 8.03. The summed E-state index contributed by atoms with van der Waals surface area (Å²) in [6.07, 6.45) is 5.91. The highest BCUT2D eigenvalue weighted by atomic mass is 16.4. The van der Waals surface area contributed by atoms with Gasteiger partial charge in [-0.3, -0.25) is 9.59 Å². The molecule has 0 aliphatic heterocycles. The van der Waals surface area contributed by atoms with E-state index in [-0.39, 0.29) is 12.3 Å². The van der Waals surface area contributed by atoms with Crippen LogP contribution >= 0.6 is 0 Å². The third kappa shape index (κ3) is 5.35. The summed E-state index contributed by atoms with van der Waals surface area (Å²) in [6, 6.07) is 0. The number of rotatable bonds is 6. The van der Waals surface area contributed by atoms with Crippen molar-refractivity contribution in [1.29, 1.82) is 0 Å². The van der Waals surface area contributed by atoms with Crippen molar-refractivity contribution in [3.63, 3.8) is 0 Å². The van der Waals surface area contributed by atoms with Crippen molar-refractivity contribution < 1.29 is 14.7 Å². The van der Waals surface area contributed by atoms with E-state index in [9.17, 15) is 9.59 Å². The Morgan fingerprint density at radius 3 is 2.71 bits per heavy atom. The lowest BCUT2D eigenvalue weighted by molar-refractivity contribution is -0.136. The van der Waals surface area contributed by atoms with Gasteiger partial charge in [-0.1, -0.05) is 6.08 Å². The van der Waals surface area contributed by atoms with Gasteiger partial charge < -0.3 is 10.4 Å². The van der Waals surface area contributed by atoms with Crippen LogP contribution in [0.25, 0.3) is 0 Å². The molecule has 0 atom stereocenters. The molecule has 1 rings (SSSR count). The molecule has 0 aromatic carbocycles. The predicted octanol–water partition coefficient (Wildman–Crippen LogP) is 0.934. The molecule has 0 radical (unpaired) electrons. The first-order valence-corrected chi connectivity index (χ1v) is 4.84. The fourth-order valence-electron chi connectivity index (χ4n) is 1.02. The fraction of sp³-hybridized carbons (Fsp3) is 0.600. The molecule has 1 amide bonds. The topological polar surface area (TPSA) is 66.4 Å². The van der Waals surface area contributed by atoms with E-state index in [4.69, 9.17) is 5.11 Å². The molecule has 0 aromatic rings. The molecule has 0 bridgehead atoms. The molecular weight excluding hydrogens is 182 g/mol. The first kappa shape index (κ1) is 10.8. The predicted molar refractivity (Wildman–Crippen MR) is 51.7 cm³/mol. The summed E-state index contributed by atoms with van der Waals surface area (Å²) >= 11 is 0. The summed E-state index contributed by atoms with van der Waals surface area (Å²) < 4.78 is 0. The van der Waals surface area contributed by atoms with Crippen LogP contribution in [0.3, 0.4) is 0 Å². The Bertz CT molecular complexity index is 244. The summed E-state index contributed by atoms with van der Waals surface area (Å²) in [5.74, 6) is -0.290. The van der Waals surface area contributed by atoms with Gasteiger partial charge in [0, 0.05) is 13.0 Å². The minimum atomic E-state index is -0.840. The van der Waals surface area contributed by atoms with E-state index in [0.717, 1.165) is 6.54 Å². The molecule has 0 unspecified atom stereocenters. The first-order valence-electron chi connectivity index (χ1n) is 4.84. The third-order valence-electron chi connectivity index (χ3n) is 2.06. The molecule has 1 aliphatic rings. The molecule has 2 N–H and O–H groups in total. The average Bonchev–Trinajstić information content (AvgIpc) is 2.92. The SMILES string of the molecule is O=C(O)CC/C=C/C(=O)NCC1CC1. The lowest BCUT2D eigenvalue weighted by Crippen LogP contribution is -2.23. The molecule has 0 heterocycles. The van der Waals surface area contributed by atoms with E-state index in [1.54, 1.807) is 6.08 Å². The van der Waals surface area contributed by atoms with Gasteiger partial charge >= 0.3 is 5.97 Å². The number of hydrogen-bond donors (Lipinski definition) is 2. The van der Waals surface area contributed by atoms with Gasteiger partial charge in [0.05, 0.1) is 0 Å². The van der Waals surface area contributed by atoms with Crippen molar-refractivity contribution in [2.24, 2.45) is 5.92 Å². The van der Waals surface area contributed by atoms with Crippen molar-refractivity contribution in [3.05, 3.63) is 12.2 Å². The van der Waals surface area contributed by atoms with E-state index < -0.39 is 5.97 Å². The molecule has 1 saturated carbocycles. The minimum absolute atomic E-state index is 0.0758. The van der Waals surface area contributed by atoms with E-state index >= 15 is 0 Å². The zero-order chi connectivity index (χ0) is 10.4. The first-order chi connectivity index (χ1) is 6.68. The summed E-state index contributed by atoms with van der Waals surface area (Å²) in [4.78, 5) is 21.2. The second-order valence-corrected chi connectivity index (χ2v) is 3.52. The molecular formula is C10H15NO3. The number of aliphatic carboxylic acids is 1. The fourth-order valence-corrected chi connectivity index (χ4v) is 1.02. The molecule has 14 heavy (non-hydrogen) atoms. The maximum absolute atomic E-state index is 11.1. The van der Waals surface area contributed by atoms with Gasteiger partial charge in [-0.2, -0.15) is 0 Å². The molecule has 1 aliphatic carbocycles. The van der Waals surface area contributed by atoms with Crippen LogP contribution in [0.5, 0.6) is 0 Å². The second kappa shape index (κ2) is 5.42. The molecule has 0 aromatic heterocycles. The van der Waals surface area contributed by atoms with E-state index in [1.165, 1.54) is 18.9 Å². The summed E-state index contributed by atoms with van der Waals surface area (Å²) in [6.45, 7) is 0.752. The average molecular weight is 197 g/mol. The Kier molecular flexibility index (Phi) is 4.16. The number of carboxylic acids is 1. The van der Waals surface area contributed by atoms with E-state index in [0.29, 0.717) is 12.3 Å². The number of carbonyl (C=O) groups excluding carboxylic acids is 1. The van der Waals surface area contributed by atoms with Crippen LogP contribution in [-0.4, -0.2) is 23.5 Å². The quantitative estimate of drug-likeness (QED) is 0.622. The minimum Gasteiger partial charge on any atom is -0.481 e. The normalized spacial score (nSPS) is 15.7. The Morgan fingerprint density at radius 2 is 2.14 bits per heavy atom. The van der Waals surface area contributed by atoms with Crippen molar-refractivity contribution in [2.75, 3.05) is 6.54 Å². The van der Waals surface area contributed by atoms with Crippen LogP contribution in [0, 0.1) is 5.92 Å². The van der Waals surface area contributed by atoms with E-state index in [2.05, 4.69) is 5.32 Å². The van der Waals surface area contributed by atoms with Gasteiger partial charge in [0.2, 0.25) is 5.91 Å². The van der Waals surface area contributed by atoms with Crippen LogP contribution in [-0.2, 0) is 9.59 Å². The number of carboxylic acid groups (broad SMARTS) is 1. The van der Waals surface area contributed by atoms with Gasteiger partial charge in [-0.25, -0.2) is 0 Å². The molecule has 4 heteroatoms. The molecule has 0 saturated heterocycles. The largest absolute Gasteiger partial charge is 0.481 e. The highest BCUT2D eigenvalue weighted by Crippen LogP contribution is 2.27. The van der Waals surface area contributed by atoms with Gasteiger partial charge in [0.15, 0.2) is 0 Å². The van der Waals surface area contributed by atoms with Gasteiger partial charge in [0.1, 0.15) is 0 Å². The lowest BCUT2D eigenvalue weighted by Gasteiger charge is -1.97. The summed E-state index contributed by atoms with van der Waals surface area (Å²) in [5, 5.41) is 11.1. The number of allylic oxidation sites excluding steroid dienone is 1. The van der Waals surface area contributed by atoms with Crippen LogP contribution in [0.15, 0.2) is 12.2 Å². The summed E-state index contributed by atoms with van der Waals surface area (Å²) in [5.41, 5.74) is 0. The second-order valence-electron chi connectivity index (χ2n) is 3.52. The number of carbonyl (C=O) groups is 2. The smallest absolute Gasteiger partial charge is 0.303 e. The van der Waals surface area contributed by atoms with Crippen molar-refractivity contribution >= 4 is 11.9 Å². The Labute approximate surface area is 83.0 Å². The van der Waals surface area contributed by atoms with Crippen molar-refractivity contribution in [2.45, 2.75) is 25.7 Å². The number of amides is 1. The van der Waals surface area contributed by atoms with Crippen LogP contribution < -0.4 is 5.32 Å². The Balaban J connectivity index is 2.02. The monoisotopic (exact) mass is 197 g/mol. The summed E-state index contributed by atoms with van der Waals surface area (Å²) in [7, 11) is 0. The Morgan fingerprint density at radius 1 is 1.43 bits per heavy atom. The standard InChI is InChI=1S/C10H15NO3/c12-9(11-7-8-5-6-8)3-1-2-4-10(13)14/h1,3,8H,2,4-7H2,(H,11,12)(H,13,14)/b3-1+. The highest BCUT2D eigenvalue weighted by Gasteiger charge is 2.20. The Hall–Kier alpha value is -1.32. The van der Waals surface area contributed by atoms with Gasteiger partial charge in [-0.05, 0) is 31.3 Å². The van der Waals surface area contributed by atoms with Crippen molar-refractivity contribution in [3.8, 4) is 0 Å². The van der Waals surface area contributed by atoms with E-state index in [1.807, 2.05) is 0 Å². The highest BCUT2D eigenvalue weighted by molar-refractivity contribution is 5.87. The van der Waals surface area contributed by atoms with Crippen LogP contribution in [0.2, 0.25) is 0 Å². The molecule has 1 fully saturated rings. The number of hydrogen-bond acceptors (Lipinski definition) is 2. The lowest BCUT2D eigenvalue weighted by atomic mass is 10.3. The van der Waals surface area contributed by atoms with Crippen LogP contribution in [0.4, 0.5) is 0 Å². The maximum atomic E-state index is 11.1. The number of nitrogens with one attached hydrogen (secondary N) is 1. The van der Waals surface area contributed by atoms with Gasteiger partial charge in [0.25, 0.3) is 0 Å². The van der Waals surface area contributed by atoms with Gasteiger partial charge in [-0.15, -0.1) is 0 Å². The molecule has 78 valence electrons. The van der Waals surface area contributed by atoms with Crippen LogP contribution in [0.1, 0.15) is 25.7 Å². The zero-order valence-electron chi connectivity index (χ0n) is 8.03. The van der Waals surface area contributed by atoms with Crippen molar-refractivity contribution in [1.82, 2.24) is 5.32 Å². The molecule has 0 spiro atoms.